The summed E-state index contributed by atoms with van der Waals surface area (Å²) in [7, 11) is 0. The van der Waals surface area contributed by atoms with Crippen LogP contribution in [0.1, 0.15) is 63.5 Å². The molecule has 53 heavy (non-hydrogen) atoms. The number of unbranched alkanes of at least 4 members (excludes halogenated alkanes) is 2. The number of hydrogen-bond acceptors (Lipinski definition) is 0. The first-order chi connectivity index (χ1) is 26.2. The Morgan fingerprint density at radius 1 is 0.358 bits per heavy atom. The van der Waals surface area contributed by atoms with Crippen LogP contribution < -0.4 is 0 Å². The van der Waals surface area contributed by atoms with Crippen LogP contribution >= 0.6 is 0 Å². The monoisotopic (exact) mass is 678 g/mol. The van der Waals surface area contributed by atoms with E-state index in [4.69, 9.17) is 0 Å². The van der Waals surface area contributed by atoms with Crippen molar-refractivity contribution in [2.75, 3.05) is 0 Å². The van der Waals surface area contributed by atoms with E-state index < -0.39 is 0 Å². The second kappa shape index (κ2) is 11.6. The zero-order chi connectivity index (χ0) is 35.3. The molecule has 0 amide bonds. The zero-order valence-electron chi connectivity index (χ0n) is 30.6. The fourth-order valence-corrected chi connectivity index (χ4v) is 10.4. The lowest BCUT2D eigenvalue weighted by Crippen LogP contribution is -2.25. The summed E-state index contributed by atoms with van der Waals surface area (Å²) in [6, 6.07) is 56.3. The van der Waals surface area contributed by atoms with Gasteiger partial charge in [0.15, 0.2) is 0 Å². The van der Waals surface area contributed by atoms with Crippen LogP contribution in [0, 0.1) is 0 Å². The minimum absolute atomic E-state index is 0.0176. The fraction of sp³-hybridized carbons (Fsp3) is 0.170. The van der Waals surface area contributed by atoms with Crippen molar-refractivity contribution in [2.24, 2.45) is 0 Å². The Kier molecular flexibility index (Phi) is 6.78. The summed E-state index contributed by atoms with van der Waals surface area (Å²) in [6.45, 7) is 4.71. The van der Waals surface area contributed by atoms with Gasteiger partial charge in [-0.05, 0) is 134 Å². The van der Waals surface area contributed by atoms with Gasteiger partial charge in [0.25, 0.3) is 0 Å². The van der Waals surface area contributed by atoms with E-state index in [2.05, 4.69) is 159 Å². The smallest absolute Gasteiger partial charge is 0.0215 e. The fourth-order valence-electron chi connectivity index (χ4n) is 10.4. The molecular weight excluding hydrogens is 637 g/mol. The molecule has 0 bridgehead atoms. The largest absolute Gasteiger partial charge is 0.0654 e. The Hall–Kier alpha value is -5.72. The topological polar surface area (TPSA) is 0 Å². The Balaban J connectivity index is 1.12. The predicted molar refractivity (Wildman–Crippen MR) is 230 cm³/mol. The molecule has 0 radical (unpaired) electrons. The maximum absolute atomic E-state index is 2.60. The zero-order valence-corrected chi connectivity index (χ0v) is 30.6. The van der Waals surface area contributed by atoms with Gasteiger partial charge >= 0.3 is 0 Å². The van der Waals surface area contributed by atoms with E-state index in [0.29, 0.717) is 0 Å². The number of rotatable bonds is 8. The quantitative estimate of drug-likeness (QED) is 0.140. The first kappa shape index (κ1) is 30.9. The van der Waals surface area contributed by atoms with Crippen LogP contribution in [0.5, 0.6) is 0 Å². The molecule has 0 saturated heterocycles. The van der Waals surface area contributed by atoms with Crippen molar-refractivity contribution in [2.45, 2.75) is 57.8 Å². The normalized spacial score (nSPS) is 13.7. The second-order valence-corrected chi connectivity index (χ2v) is 15.7. The van der Waals surface area contributed by atoms with E-state index in [0.717, 1.165) is 0 Å². The van der Waals surface area contributed by atoms with Gasteiger partial charge in [-0.1, -0.05) is 173 Å². The van der Waals surface area contributed by atoms with E-state index in [-0.39, 0.29) is 5.41 Å². The molecule has 0 spiro atoms. The standard InChI is InChI=1S/C53H42/c1-3-5-29-53(30-6-4-2)47-31-39(41-23-17-37-15-13-33-9-7-11-35-19-27-45(41)51(37)49(33)35)21-25-43(47)44-26-22-40(32-48(44)53)42-24-18-38-16-14-34-10-8-12-36-20-28-46(42)52(38)50(34)36/h7-28,31-32H,3-6,29-30H2,1-2H3. The lowest BCUT2D eigenvalue weighted by molar-refractivity contribution is 0.414. The summed E-state index contributed by atoms with van der Waals surface area (Å²) in [4.78, 5) is 0. The molecule has 0 heterocycles. The lowest BCUT2D eigenvalue weighted by Gasteiger charge is -2.33. The molecular formula is C53H42. The average molecular weight is 679 g/mol. The lowest BCUT2D eigenvalue weighted by atomic mass is 9.70. The minimum atomic E-state index is -0.0176. The van der Waals surface area contributed by atoms with Crippen molar-refractivity contribution in [3.8, 4) is 33.4 Å². The van der Waals surface area contributed by atoms with E-state index in [1.807, 2.05) is 0 Å². The molecule has 0 aromatic heterocycles. The van der Waals surface area contributed by atoms with Gasteiger partial charge in [0, 0.05) is 5.41 Å². The maximum atomic E-state index is 2.60. The Morgan fingerprint density at radius 3 is 1.13 bits per heavy atom. The Morgan fingerprint density at radius 2 is 0.717 bits per heavy atom. The van der Waals surface area contributed by atoms with E-state index in [9.17, 15) is 0 Å². The van der Waals surface area contributed by atoms with Crippen molar-refractivity contribution in [1.82, 2.24) is 0 Å². The molecule has 0 N–H and O–H groups in total. The first-order valence-corrected chi connectivity index (χ1v) is 19.8. The molecule has 0 unspecified atom stereocenters. The summed E-state index contributed by atoms with van der Waals surface area (Å²) in [5.74, 6) is 0. The summed E-state index contributed by atoms with van der Waals surface area (Å²) in [6.07, 6.45) is 7.17. The van der Waals surface area contributed by atoms with E-state index in [1.54, 1.807) is 0 Å². The van der Waals surface area contributed by atoms with Gasteiger partial charge in [0.1, 0.15) is 0 Å². The molecule has 10 aromatic rings. The molecule has 0 heteroatoms. The summed E-state index contributed by atoms with van der Waals surface area (Å²) in [5, 5.41) is 16.2. The van der Waals surface area contributed by atoms with Gasteiger partial charge < -0.3 is 0 Å². The van der Waals surface area contributed by atoms with Crippen LogP contribution in [-0.2, 0) is 5.41 Å². The number of benzene rings is 10. The highest BCUT2D eigenvalue weighted by molar-refractivity contribution is 6.26. The Labute approximate surface area is 311 Å². The van der Waals surface area contributed by atoms with Crippen LogP contribution in [0.15, 0.2) is 146 Å². The summed E-state index contributed by atoms with van der Waals surface area (Å²) < 4.78 is 0. The number of fused-ring (bicyclic) bond motifs is 3. The van der Waals surface area contributed by atoms with Gasteiger partial charge in [-0.3, -0.25) is 0 Å². The van der Waals surface area contributed by atoms with Gasteiger partial charge in [-0.15, -0.1) is 0 Å². The van der Waals surface area contributed by atoms with E-state index >= 15 is 0 Å². The summed E-state index contributed by atoms with van der Waals surface area (Å²) in [5.41, 5.74) is 11.2. The van der Waals surface area contributed by atoms with Crippen LogP contribution in [0.4, 0.5) is 0 Å². The van der Waals surface area contributed by atoms with E-state index in [1.165, 1.54) is 148 Å². The van der Waals surface area contributed by atoms with Gasteiger partial charge in [0.05, 0.1) is 0 Å². The van der Waals surface area contributed by atoms with Crippen molar-refractivity contribution in [3.05, 3.63) is 157 Å². The van der Waals surface area contributed by atoms with Gasteiger partial charge in [0.2, 0.25) is 0 Å². The minimum Gasteiger partial charge on any atom is -0.0654 e. The van der Waals surface area contributed by atoms with Crippen molar-refractivity contribution < 1.29 is 0 Å². The van der Waals surface area contributed by atoms with Crippen molar-refractivity contribution in [1.29, 1.82) is 0 Å². The third kappa shape index (κ3) is 4.36. The molecule has 0 saturated carbocycles. The molecule has 1 aliphatic rings. The van der Waals surface area contributed by atoms with Crippen LogP contribution in [0.3, 0.4) is 0 Å². The molecule has 11 rings (SSSR count). The maximum Gasteiger partial charge on any atom is 0.0215 e. The van der Waals surface area contributed by atoms with Crippen LogP contribution in [0.25, 0.3) is 98.0 Å². The predicted octanol–water partition coefficient (Wildman–Crippen LogP) is 15.5. The van der Waals surface area contributed by atoms with Gasteiger partial charge in [-0.2, -0.15) is 0 Å². The highest BCUT2D eigenvalue weighted by Crippen LogP contribution is 2.56. The average Bonchev–Trinajstić information content (AvgIpc) is 3.48. The van der Waals surface area contributed by atoms with Crippen LogP contribution in [0.2, 0.25) is 0 Å². The first-order valence-electron chi connectivity index (χ1n) is 19.8. The molecule has 0 aliphatic heterocycles. The molecule has 0 nitrogen and oxygen atoms in total. The third-order valence-electron chi connectivity index (χ3n) is 13.0. The van der Waals surface area contributed by atoms with Crippen molar-refractivity contribution >= 4 is 64.6 Å². The SMILES string of the molecule is CCCCC1(CCCC)c2cc(-c3ccc4ccc5cccc6ccc3c4c56)ccc2-c2ccc(-c3ccc4ccc5cccc6ccc3c4c56)cc21. The molecule has 1 aliphatic carbocycles. The van der Waals surface area contributed by atoms with Gasteiger partial charge in [-0.25, -0.2) is 0 Å². The third-order valence-corrected chi connectivity index (χ3v) is 13.0. The molecule has 254 valence electrons. The number of hydrogen-bond donors (Lipinski definition) is 0. The molecule has 0 atom stereocenters. The highest BCUT2D eigenvalue weighted by Gasteiger charge is 2.42. The van der Waals surface area contributed by atoms with Crippen LogP contribution in [-0.4, -0.2) is 0 Å². The summed E-state index contributed by atoms with van der Waals surface area (Å²) >= 11 is 0. The second-order valence-electron chi connectivity index (χ2n) is 15.7. The van der Waals surface area contributed by atoms with Crippen molar-refractivity contribution in [3.63, 3.8) is 0 Å². The molecule has 0 fully saturated rings. The highest BCUT2D eigenvalue weighted by atomic mass is 14.5. The molecule has 10 aromatic carbocycles. The Bertz CT molecular complexity index is 2790.